The van der Waals surface area contributed by atoms with Crippen LogP contribution in [0, 0.1) is 0 Å². The molecule has 6 nitrogen and oxygen atoms in total. The van der Waals surface area contributed by atoms with Gasteiger partial charge >= 0.3 is 5.97 Å². The molecule has 0 aliphatic carbocycles. The normalized spacial score (nSPS) is 10.3. The summed E-state index contributed by atoms with van der Waals surface area (Å²) in [7, 11) is 1.34. The minimum Gasteiger partial charge on any atom is -0.490 e. The van der Waals surface area contributed by atoms with Gasteiger partial charge in [0.05, 0.1) is 32.3 Å². The van der Waals surface area contributed by atoms with E-state index in [4.69, 9.17) is 9.47 Å². The molecule has 0 aromatic heterocycles. The number of benzene rings is 2. The number of carbonyl (C=O) groups excluding carboxylic acids is 2. The van der Waals surface area contributed by atoms with Gasteiger partial charge in [-0.2, -0.15) is 0 Å². The molecule has 0 bridgehead atoms. The van der Waals surface area contributed by atoms with Crippen LogP contribution in [-0.4, -0.2) is 32.2 Å². The Kier molecular flexibility index (Phi) is 8.32. The highest BCUT2D eigenvalue weighted by molar-refractivity contribution is 9.10. The van der Waals surface area contributed by atoms with E-state index in [0.717, 1.165) is 15.6 Å². The summed E-state index contributed by atoms with van der Waals surface area (Å²) in [4.78, 5) is 23.8. The molecule has 0 unspecified atom stereocenters. The van der Waals surface area contributed by atoms with Gasteiger partial charge in [0.1, 0.15) is 0 Å². The van der Waals surface area contributed by atoms with Crippen molar-refractivity contribution >= 4 is 27.8 Å². The van der Waals surface area contributed by atoms with E-state index >= 15 is 0 Å². The molecular weight excluding hydrogens is 426 g/mol. The zero-order chi connectivity index (χ0) is 20.5. The number of esters is 1. The van der Waals surface area contributed by atoms with E-state index in [-0.39, 0.29) is 18.3 Å². The molecule has 0 saturated heterocycles. The van der Waals surface area contributed by atoms with Gasteiger partial charge in [-0.3, -0.25) is 4.79 Å². The van der Waals surface area contributed by atoms with E-state index in [2.05, 4.69) is 26.0 Å². The third kappa shape index (κ3) is 5.99. The van der Waals surface area contributed by atoms with Gasteiger partial charge in [-0.15, -0.1) is 0 Å². The molecule has 0 heterocycles. The highest BCUT2D eigenvalue weighted by atomic mass is 79.9. The van der Waals surface area contributed by atoms with Crippen LogP contribution in [0.15, 0.2) is 40.9 Å². The number of hydrogen-bond donors (Lipinski definition) is 1. The summed E-state index contributed by atoms with van der Waals surface area (Å²) in [6.45, 7) is 5.21. The van der Waals surface area contributed by atoms with Crippen LogP contribution in [-0.2, 0) is 22.5 Å². The molecule has 0 saturated carbocycles. The number of nitrogens with one attached hydrogen (secondary N) is 1. The molecule has 2 aromatic carbocycles. The summed E-state index contributed by atoms with van der Waals surface area (Å²) < 4.78 is 16.7. The van der Waals surface area contributed by atoms with E-state index in [1.165, 1.54) is 7.11 Å². The number of amides is 1. The average molecular weight is 450 g/mol. The molecular formula is C21H24BrNO5. The lowest BCUT2D eigenvalue weighted by atomic mass is 10.1. The second-order valence-corrected chi connectivity index (χ2v) is 6.75. The van der Waals surface area contributed by atoms with E-state index < -0.39 is 0 Å². The molecule has 2 rings (SSSR count). The lowest BCUT2D eigenvalue weighted by Gasteiger charge is -2.14. The third-order valence-electron chi connectivity index (χ3n) is 3.93. The van der Waals surface area contributed by atoms with Crippen LogP contribution in [0.1, 0.15) is 35.3 Å². The third-order valence-corrected chi connectivity index (χ3v) is 4.67. The van der Waals surface area contributed by atoms with Crippen LogP contribution < -0.4 is 14.8 Å². The molecule has 0 aliphatic rings. The summed E-state index contributed by atoms with van der Waals surface area (Å²) in [5.74, 6) is 0.755. The monoisotopic (exact) mass is 449 g/mol. The molecule has 150 valence electrons. The van der Waals surface area contributed by atoms with Crippen LogP contribution in [0.25, 0.3) is 0 Å². The van der Waals surface area contributed by atoms with E-state index in [0.29, 0.717) is 36.8 Å². The fourth-order valence-corrected chi connectivity index (χ4v) is 3.02. The molecule has 1 amide bonds. The smallest absolute Gasteiger partial charge is 0.337 e. The topological polar surface area (TPSA) is 73.9 Å². The van der Waals surface area contributed by atoms with Gasteiger partial charge in [-0.05, 0) is 49.2 Å². The fraction of sp³-hybridized carbons (Fsp3) is 0.333. The van der Waals surface area contributed by atoms with Crippen molar-refractivity contribution in [3.8, 4) is 11.5 Å². The van der Waals surface area contributed by atoms with Crippen LogP contribution in [0.4, 0.5) is 0 Å². The Hall–Kier alpha value is -2.54. The summed E-state index contributed by atoms with van der Waals surface area (Å²) in [5, 5.41) is 2.88. The second kappa shape index (κ2) is 10.7. The Bertz CT molecular complexity index is 820. The molecule has 0 atom stereocenters. The number of hydrogen-bond acceptors (Lipinski definition) is 5. The zero-order valence-electron chi connectivity index (χ0n) is 16.2. The quantitative estimate of drug-likeness (QED) is 0.587. The Morgan fingerprint density at radius 2 is 1.61 bits per heavy atom. The van der Waals surface area contributed by atoms with E-state index in [1.54, 1.807) is 24.3 Å². The largest absolute Gasteiger partial charge is 0.490 e. The van der Waals surface area contributed by atoms with Crippen molar-refractivity contribution in [2.45, 2.75) is 26.8 Å². The fourth-order valence-electron chi connectivity index (χ4n) is 2.56. The van der Waals surface area contributed by atoms with E-state index in [9.17, 15) is 9.59 Å². The van der Waals surface area contributed by atoms with Crippen LogP contribution in [0.3, 0.4) is 0 Å². The lowest BCUT2D eigenvalue weighted by Crippen LogP contribution is -2.24. The summed E-state index contributed by atoms with van der Waals surface area (Å²) >= 11 is 3.50. The van der Waals surface area contributed by atoms with Crippen molar-refractivity contribution in [3.05, 3.63) is 57.6 Å². The maximum atomic E-state index is 12.4. The first-order valence-corrected chi connectivity index (χ1v) is 9.79. The first kappa shape index (κ1) is 21.8. The van der Waals surface area contributed by atoms with Crippen molar-refractivity contribution in [2.24, 2.45) is 0 Å². The summed E-state index contributed by atoms with van der Waals surface area (Å²) in [5.41, 5.74) is 2.17. The van der Waals surface area contributed by atoms with Gasteiger partial charge in [-0.25, -0.2) is 4.79 Å². The van der Waals surface area contributed by atoms with E-state index in [1.807, 2.05) is 26.0 Å². The van der Waals surface area contributed by atoms with Crippen molar-refractivity contribution < 1.29 is 23.8 Å². The highest BCUT2D eigenvalue weighted by Gasteiger charge is 2.13. The van der Waals surface area contributed by atoms with Gasteiger partial charge in [-0.1, -0.05) is 28.1 Å². The predicted molar refractivity (Wildman–Crippen MR) is 110 cm³/mol. The minimum absolute atomic E-state index is 0.121. The van der Waals surface area contributed by atoms with Gasteiger partial charge in [0.15, 0.2) is 11.5 Å². The van der Waals surface area contributed by atoms with Crippen LogP contribution in [0.2, 0.25) is 0 Å². The first-order valence-electron chi connectivity index (χ1n) is 9.00. The maximum absolute atomic E-state index is 12.4. The van der Waals surface area contributed by atoms with Gasteiger partial charge in [0.25, 0.3) is 0 Å². The number of halogens is 1. The Morgan fingerprint density at radius 1 is 1.00 bits per heavy atom. The van der Waals surface area contributed by atoms with Crippen LogP contribution >= 0.6 is 15.9 Å². The first-order chi connectivity index (χ1) is 13.5. The maximum Gasteiger partial charge on any atom is 0.337 e. The zero-order valence-corrected chi connectivity index (χ0v) is 17.8. The van der Waals surface area contributed by atoms with Crippen LogP contribution in [0.5, 0.6) is 11.5 Å². The average Bonchev–Trinajstić information content (AvgIpc) is 2.70. The molecule has 0 spiro atoms. The lowest BCUT2D eigenvalue weighted by molar-refractivity contribution is -0.120. The predicted octanol–water partition coefficient (Wildman–Crippen LogP) is 3.89. The van der Waals surface area contributed by atoms with Crippen molar-refractivity contribution in [3.63, 3.8) is 0 Å². The number of ether oxygens (including phenoxy) is 3. The molecule has 28 heavy (non-hydrogen) atoms. The van der Waals surface area contributed by atoms with Gasteiger partial charge < -0.3 is 19.5 Å². The SMILES string of the molecule is CCOc1cc(Br)c(CC(=O)NCc2ccc(C(=O)OC)cc2)cc1OCC. The number of methoxy groups -OCH3 is 1. The standard InChI is InChI=1S/C21H24BrNO5/c1-4-27-18-10-16(17(22)12-19(18)28-5-2)11-20(24)23-13-14-6-8-15(9-7-14)21(25)26-3/h6-10,12H,4-5,11,13H2,1-3H3,(H,23,24). The molecule has 2 aromatic rings. The van der Waals surface area contributed by atoms with Crippen molar-refractivity contribution in [1.82, 2.24) is 5.32 Å². The molecule has 0 fully saturated rings. The number of rotatable bonds is 9. The summed E-state index contributed by atoms with van der Waals surface area (Å²) in [6, 6.07) is 10.6. The Balaban J connectivity index is 2.00. The second-order valence-electron chi connectivity index (χ2n) is 5.90. The molecule has 0 radical (unpaired) electrons. The van der Waals surface area contributed by atoms with Crippen molar-refractivity contribution in [2.75, 3.05) is 20.3 Å². The number of carbonyl (C=O) groups is 2. The van der Waals surface area contributed by atoms with Gasteiger partial charge in [0, 0.05) is 11.0 Å². The minimum atomic E-state index is -0.388. The molecule has 1 N–H and O–H groups in total. The molecule has 7 heteroatoms. The summed E-state index contributed by atoms with van der Waals surface area (Å²) in [6.07, 6.45) is 0.202. The Morgan fingerprint density at radius 3 is 2.18 bits per heavy atom. The highest BCUT2D eigenvalue weighted by Crippen LogP contribution is 2.34. The Labute approximate surface area is 173 Å². The van der Waals surface area contributed by atoms with Crippen molar-refractivity contribution in [1.29, 1.82) is 0 Å². The van der Waals surface area contributed by atoms with Gasteiger partial charge in [0.2, 0.25) is 5.91 Å². The molecule has 0 aliphatic heterocycles.